The van der Waals surface area contributed by atoms with Crippen LogP contribution in [0.3, 0.4) is 0 Å². The van der Waals surface area contributed by atoms with Gasteiger partial charge in [-0.15, -0.1) is 23.1 Å². The summed E-state index contributed by atoms with van der Waals surface area (Å²) in [5, 5.41) is 0.591. The Labute approximate surface area is 193 Å². The van der Waals surface area contributed by atoms with Crippen LogP contribution in [0.2, 0.25) is 0 Å². The molecule has 0 N–H and O–H groups in total. The Morgan fingerprint density at radius 2 is 1.78 bits per heavy atom. The number of imidazole rings is 1. The standard InChI is InChI=1S/C23H26N4O3S2/c1-12(2)11-27-22-16(21(29)26(6)23(27)30)18(31-13(3)4)19(32-22)17(28)20-24-14-9-7-8-10-15(14)25(20)5/h7-10,12-13H,11H2,1-6H3. The van der Waals surface area contributed by atoms with Gasteiger partial charge in [-0.3, -0.25) is 18.7 Å². The maximum absolute atomic E-state index is 13.7. The summed E-state index contributed by atoms with van der Waals surface area (Å²) in [4.78, 5) is 46.0. The van der Waals surface area contributed by atoms with Crippen molar-refractivity contribution in [2.24, 2.45) is 20.0 Å². The first-order valence-electron chi connectivity index (χ1n) is 10.5. The minimum atomic E-state index is -0.367. The number of fused-ring (bicyclic) bond motifs is 2. The fraction of sp³-hybridized carbons (Fsp3) is 0.391. The van der Waals surface area contributed by atoms with E-state index in [0.29, 0.717) is 32.4 Å². The summed E-state index contributed by atoms with van der Waals surface area (Å²) in [6.07, 6.45) is 0. The zero-order valence-electron chi connectivity index (χ0n) is 19.0. The summed E-state index contributed by atoms with van der Waals surface area (Å²) in [6, 6.07) is 7.59. The topological polar surface area (TPSA) is 78.9 Å². The molecule has 0 saturated heterocycles. The molecule has 7 nitrogen and oxygen atoms in total. The molecule has 4 rings (SSSR count). The maximum atomic E-state index is 13.7. The highest BCUT2D eigenvalue weighted by Gasteiger charge is 2.28. The average molecular weight is 471 g/mol. The van der Waals surface area contributed by atoms with Crippen molar-refractivity contribution in [1.82, 2.24) is 18.7 Å². The first-order valence-corrected chi connectivity index (χ1v) is 12.2. The Bertz CT molecular complexity index is 1470. The molecule has 0 aliphatic rings. The van der Waals surface area contributed by atoms with Crippen LogP contribution in [0.4, 0.5) is 0 Å². The number of carbonyl (C=O) groups excluding carboxylic acids is 1. The van der Waals surface area contributed by atoms with Gasteiger partial charge in [-0.2, -0.15) is 0 Å². The van der Waals surface area contributed by atoms with Crippen LogP contribution in [0.25, 0.3) is 21.3 Å². The van der Waals surface area contributed by atoms with Crippen LogP contribution in [-0.2, 0) is 20.6 Å². The maximum Gasteiger partial charge on any atom is 0.331 e. The fourth-order valence-corrected chi connectivity index (χ4v) is 6.21. The molecule has 32 heavy (non-hydrogen) atoms. The van der Waals surface area contributed by atoms with Crippen molar-refractivity contribution in [3.63, 3.8) is 0 Å². The molecule has 9 heteroatoms. The molecular formula is C23H26N4O3S2. The predicted molar refractivity (Wildman–Crippen MR) is 131 cm³/mol. The second-order valence-corrected chi connectivity index (χ2v) is 11.2. The van der Waals surface area contributed by atoms with Crippen molar-refractivity contribution < 1.29 is 4.79 Å². The first-order chi connectivity index (χ1) is 15.1. The van der Waals surface area contributed by atoms with Gasteiger partial charge in [-0.1, -0.05) is 39.8 Å². The molecule has 0 spiro atoms. The number of benzene rings is 1. The second kappa shape index (κ2) is 8.37. The molecule has 3 heterocycles. The van der Waals surface area contributed by atoms with Crippen LogP contribution in [0, 0.1) is 5.92 Å². The zero-order valence-corrected chi connectivity index (χ0v) is 20.6. The quantitative estimate of drug-likeness (QED) is 0.314. The summed E-state index contributed by atoms with van der Waals surface area (Å²) in [5.74, 6) is 0.285. The molecule has 3 aromatic heterocycles. The van der Waals surface area contributed by atoms with Crippen molar-refractivity contribution in [3.8, 4) is 0 Å². The van der Waals surface area contributed by atoms with E-state index >= 15 is 0 Å². The number of aryl methyl sites for hydroxylation is 1. The van der Waals surface area contributed by atoms with Gasteiger partial charge in [0.15, 0.2) is 5.82 Å². The summed E-state index contributed by atoms with van der Waals surface area (Å²) in [6.45, 7) is 8.55. The van der Waals surface area contributed by atoms with E-state index in [1.54, 1.807) is 9.13 Å². The van der Waals surface area contributed by atoms with Gasteiger partial charge in [-0.05, 0) is 18.1 Å². The third-order valence-electron chi connectivity index (χ3n) is 5.23. The van der Waals surface area contributed by atoms with Crippen LogP contribution in [0.1, 0.15) is 43.2 Å². The molecule has 0 radical (unpaired) electrons. The number of para-hydroxylation sites is 2. The Balaban J connectivity index is 2.05. The van der Waals surface area contributed by atoms with E-state index in [1.165, 1.54) is 30.1 Å². The lowest BCUT2D eigenvalue weighted by molar-refractivity contribution is 0.102. The van der Waals surface area contributed by atoms with E-state index < -0.39 is 0 Å². The molecule has 168 valence electrons. The number of rotatable bonds is 6. The normalized spacial score (nSPS) is 12.0. The Kier molecular flexibility index (Phi) is 5.89. The largest absolute Gasteiger partial charge is 0.331 e. The van der Waals surface area contributed by atoms with Crippen molar-refractivity contribution in [2.45, 2.75) is 44.4 Å². The van der Waals surface area contributed by atoms with E-state index in [9.17, 15) is 14.4 Å². The lowest BCUT2D eigenvalue weighted by Crippen LogP contribution is -2.38. The van der Waals surface area contributed by atoms with Crippen molar-refractivity contribution in [3.05, 3.63) is 55.8 Å². The molecule has 0 bridgehead atoms. The molecule has 4 aromatic rings. The van der Waals surface area contributed by atoms with E-state index in [0.717, 1.165) is 15.6 Å². The number of ketones is 1. The summed E-state index contributed by atoms with van der Waals surface area (Å²) in [7, 11) is 3.31. The van der Waals surface area contributed by atoms with E-state index in [1.807, 2.05) is 59.0 Å². The number of thioether (sulfide) groups is 1. The van der Waals surface area contributed by atoms with E-state index in [-0.39, 0.29) is 28.2 Å². The van der Waals surface area contributed by atoms with Gasteiger partial charge in [0.2, 0.25) is 5.78 Å². The molecule has 0 unspecified atom stereocenters. The number of hydrogen-bond donors (Lipinski definition) is 0. The van der Waals surface area contributed by atoms with Crippen LogP contribution in [0.5, 0.6) is 0 Å². The molecule has 0 atom stereocenters. The van der Waals surface area contributed by atoms with Gasteiger partial charge in [-0.25, -0.2) is 9.78 Å². The van der Waals surface area contributed by atoms with Gasteiger partial charge in [0.25, 0.3) is 5.56 Å². The van der Waals surface area contributed by atoms with Gasteiger partial charge in [0.1, 0.15) is 4.83 Å². The molecule has 0 saturated carbocycles. The highest BCUT2D eigenvalue weighted by Crippen LogP contribution is 2.39. The monoisotopic (exact) mass is 470 g/mol. The summed E-state index contributed by atoms with van der Waals surface area (Å²) < 4.78 is 4.55. The lowest BCUT2D eigenvalue weighted by Gasteiger charge is -2.12. The minimum Gasteiger partial charge on any atom is -0.324 e. The number of hydrogen-bond acceptors (Lipinski definition) is 6. The number of nitrogens with zero attached hydrogens (tertiary/aromatic N) is 4. The van der Waals surface area contributed by atoms with Crippen molar-refractivity contribution >= 4 is 50.1 Å². The zero-order chi connectivity index (χ0) is 23.3. The third kappa shape index (κ3) is 3.63. The Morgan fingerprint density at radius 3 is 2.41 bits per heavy atom. The summed E-state index contributed by atoms with van der Waals surface area (Å²) >= 11 is 2.70. The number of thiophene rings is 1. The van der Waals surface area contributed by atoms with Gasteiger partial charge >= 0.3 is 5.69 Å². The predicted octanol–water partition coefficient (Wildman–Crippen LogP) is 4.04. The summed E-state index contributed by atoms with van der Waals surface area (Å²) in [5.41, 5.74) is 0.876. The van der Waals surface area contributed by atoms with Crippen LogP contribution >= 0.6 is 23.1 Å². The molecule has 0 amide bonds. The molecular weight excluding hydrogens is 444 g/mol. The lowest BCUT2D eigenvalue weighted by atomic mass is 10.2. The molecule has 1 aromatic carbocycles. The number of carbonyl (C=O) groups is 1. The van der Waals surface area contributed by atoms with Crippen LogP contribution in [-0.4, -0.2) is 29.7 Å². The SMILES string of the molecule is CC(C)Cn1c(=O)n(C)c(=O)c2c(SC(C)C)c(C(=O)c3nc4ccccc4n3C)sc21. The minimum absolute atomic E-state index is 0.148. The van der Waals surface area contributed by atoms with Crippen LogP contribution in [0.15, 0.2) is 38.8 Å². The van der Waals surface area contributed by atoms with Crippen molar-refractivity contribution in [1.29, 1.82) is 0 Å². The molecule has 0 aliphatic heterocycles. The van der Waals surface area contributed by atoms with Crippen LogP contribution < -0.4 is 11.2 Å². The fourth-order valence-electron chi connectivity index (χ4n) is 3.78. The average Bonchev–Trinajstić information content (AvgIpc) is 3.27. The third-order valence-corrected chi connectivity index (χ3v) is 7.68. The highest BCUT2D eigenvalue weighted by atomic mass is 32.2. The highest BCUT2D eigenvalue weighted by molar-refractivity contribution is 8.00. The second-order valence-electron chi connectivity index (χ2n) is 8.57. The smallest absolute Gasteiger partial charge is 0.324 e. The van der Waals surface area contributed by atoms with E-state index in [4.69, 9.17) is 0 Å². The number of aromatic nitrogens is 4. The van der Waals surface area contributed by atoms with Gasteiger partial charge in [0, 0.05) is 30.8 Å². The van der Waals surface area contributed by atoms with Crippen molar-refractivity contribution in [2.75, 3.05) is 0 Å². The Morgan fingerprint density at radius 1 is 1.09 bits per heavy atom. The molecule has 0 fully saturated rings. The van der Waals surface area contributed by atoms with Gasteiger partial charge in [0.05, 0.1) is 21.3 Å². The van der Waals surface area contributed by atoms with Gasteiger partial charge < -0.3 is 4.57 Å². The Hall–Kier alpha value is -2.65. The molecule has 0 aliphatic carbocycles. The van der Waals surface area contributed by atoms with E-state index in [2.05, 4.69) is 4.98 Å². The first kappa shape index (κ1) is 22.5.